The number of benzene rings is 2. The van der Waals surface area contributed by atoms with Crippen LogP contribution in [-0.2, 0) is 20.9 Å². The van der Waals surface area contributed by atoms with Crippen LogP contribution in [0.3, 0.4) is 0 Å². The van der Waals surface area contributed by atoms with Crippen molar-refractivity contribution in [1.82, 2.24) is 0 Å². The molecule has 1 atom stereocenters. The van der Waals surface area contributed by atoms with Gasteiger partial charge in [-0.15, -0.1) is 0 Å². The van der Waals surface area contributed by atoms with Gasteiger partial charge in [-0.3, -0.25) is 9.59 Å². The molecule has 35 heavy (non-hydrogen) atoms. The van der Waals surface area contributed by atoms with Crippen LogP contribution in [0.25, 0.3) is 0 Å². The number of nitrogens with two attached hydrogens (primary N) is 1. The zero-order chi connectivity index (χ0) is 26.0. The smallest absolute Gasteiger partial charge is 0.311 e. The van der Waals surface area contributed by atoms with E-state index in [-0.39, 0.29) is 36.3 Å². The Bertz CT molecular complexity index is 944. The summed E-state index contributed by atoms with van der Waals surface area (Å²) in [6, 6.07) is 15.9. The van der Waals surface area contributed by atoms with Gasteiger partial charge in [0.25, 0.3) is 0 Å². The molecule has 0 aliphatic heterocycles. The Morgan fingerprint density at radius 1 is 0.886 bits per heavy atom. The fourth-order valence-electron chi connectivity index (χ4n) is 4.46. The van der Waals surface area contributed by atoms with Gasteiger partial charge in [-0.05, 0) is 54.4 Å². The summed E-state index contributed by atoms with van der Waals surface area (Å²) in [7, 11) is 0. The van der Waals surface area contributed by atoms with Crippen LogP contribution >= 0.6 is 0 Å². The van der Waals surface area contributed by atoms with Crippen LogP contribution in [0.5, 0.6) is 5.75 Å². The fraction of sp³-hybridized carbons (Fsp3) is 0.533. The zero-order valence-electron chi connectivity index (χ0n) is 22.3. The monoisotopic (exact) mass is 481 g/mol. The molecule has 2 rings (SSSR count). The highest BCUT2D eigenvalue weighted by atomic mass is 16.5. The summed E-state index contributed by atoms with van der Waals surface area (Å²) in [5, 5.41) is 0. The van der Waals surface area contributed by atoms with Gasteiger partial charge in [0.2, 0.25) is 0 Å². The number of hydrogen-bond acceptors (Lipinski definition) is 5. The summed E-state index contributed by atoms with van der Waals surface area (Å²) in [4.78, 5) is 24.5. The molecular weight excluding hydrogens is 438 g/mol. The highest BCUT2D eigenvalue weighted by Crippen LogP contribution is 2.42. The maximum absolute atomic E-state index is 12.5. The number of esters is 2. The Kier molecular flexibility index (Phi) is 11.0. The van der Waals surface area contributed by atoms with E-state index in [4.69, 9.17) is 15.2 Å². The summed E-state index contributed by atoms with van der Waals surface area (Å²) in [6.45, 7) is 12.7. The Morgan fingerprint density at radius 2 is 1.49 bits per heavy atom. The first-order valence-electron chi connectivity index (χ1n) is 12.9. The number of carbonyl (C=O) groups excluding carboxylic acids is 2. The van der Waals surface area contributed by atoms with Gasteiger partial charge in [0.15, 0.2) is 0 Å². The standard InChI is InChI=1S/C30H43NO4/c1-7-12-28(32)34-20-23-16-17-27(35-29(33)13-8-2)25(18-23)26(24-14-10-9-11-15-24)19-30(31,21(3)4)22(5)6/h9-11,14-18,21-22,26H,7-8,12-13,19-20,31H2,1-6H3. The second kappa shape index (κ2) is 13.4. The van der Waals surface area contributed by atoms with Gasteiger partial charge in [-0.25, -0.2) is 0 Å². The molecule has 0 spiro atoms. The van der Waals surface area contributed by atoms with Gasteiger partial charge in [0.05, 0.1) is 0 Å². The first-order valence-corrected chi connectivity index (χ1v) is 12.9. The van der Waals surface area contributed by atoms with E-state index in [1.807, 2.05) is 50.2 Å². The van der Waals surface area contributed by atoms with Crippen LogP contribution in [0.2, 0.25) is 0 Å². The number of ether oxygens (including phenoxy) is 2. The van der Waals surface area contributed by atoms with Crippen molar-refractivity contribution in [2.24, 2.45) is 17.6 Å². The maximum atomic E-state index is 12.5. The molecule has 0 aromatic heterocycles. The summed E-state index contributed by atoms with van der Waals surface area (Å²) in [6.07, 6.45) is 2.89. The van der Waals surface area contributed by atoms with Crippen LogP contribution in [0.4, 0.5) is 0 Å². The average molecular weight is 482 g/mol. The molecule has 0 saturated heterocycles. The molecule has 5 nitrogen and oxygen atoms in total. The molecule has 0 radical (unpaired) electrons. The molecule has 0 saturated carbocycles. The van der Waals surface area contributed by atoms with Gasteiger partial charge < -0.3 is 15.2 Å². The first kappa shape index (κ1) is 28.6. The third-order valence-corrected chi connectivity index (χ3v) is 6.89. The fourth-order valence-corrected chi connectivity index (χ4v) is 4.46. The molecule has 2 aromatic carbocycles. The zero-order valence-corrected chi connectivity index (χ0v) is 22.3. The molecule has 192 valence electrons. The minimum Gasteiger partial charge on any atom is -0.461 e. The summed E-state index contributed by atoms with van der Waals surface area (Å²) >= 11 is 0. The quantitative estimate of drug-likeness (QED) is 0.252. The van der Waals surface area contributed by atoms with E-state index in [0.717, 1.165) is 23.1 Å². The van der Waals surface area contributed by atoms with Crippen molar-refractivity contribution >= 4 is 11.9 Å². The van der Waals surface area contributed by atoms with Gasteiger partial charge in [-0.1, -0.05) is 77.9 Å². The van der Waals surface area contributed by atoms with Crippen molar-refractivity contribution in [2.75, 3.05) is 0 Å². The number of carbonyl (C=O) groups is 2. The van der Waals surface area contributed by atoms with Gasteiger partial charge >= 0.3 is 11.9 Å². The number of rotatable bonds is 13. The predicted molar refractivity (Wildman–Crippen MR) is 141 cm³/mol. The minimum absolute atomic E-state index is 0.0956. The van der Waals surface area contributed by atoms with E-state index in [2.05, 4.69) is 39.8 Å². The van der Waals surface area contributed by atoms with Crippen molar-refractivity contribution in [1.29, 1.82) is 0 Å². The van der Waals surface area contributed by atoms with Crippen LogP contribution in [0, 0.1) is 11.8 Å². The van der Waals surface area contributed by atoms with E-state index in [0.29, 0.717) is 31.4 Å². The molecular formula is C30H43NO4. The maximum Gasteiger partial charge on any atom is 0.311 e. The lowest BCUT2D eigenvalue weighted by molar-refractivity contribution is -0.145. The van der Waals surface area contributed by atoms with Crippen molar-refractivity contribution < 1.29 is 19.1 Å². The lowest BCUT2D eigenvalue weighted by atomic mass is 9.69. The van der Waals surface area contributed by atoms with E-state index >= 15 is 0 Å². The molecule has 2 N–H and O–H groups in total. The summed E-state index contributed by atoms with van der Waals surface area (Å²) in [5.41, 5.74) is 9.47. The molecule has 0 amide bonds. The molecule has 5 heteroatoms. The topological polar surface area (TPSA) is 78.6 Å². The van der Waals surface area contributed by atoms with Crippen LogP contribution in [0.1, 0.15) is 96.3 Å². The van der Waals surface area contributed by atoms with E-state index in [1.165, 1.54) is 0 Å². The van der Waals surface area contributed by atoms with Crippen molar-refractivity contribution in [2.45, 2.75) is 91.7 Å². The van der Waals surface area contributed by atoms with Crippen molar-refractivity contribution in [3.63, 3.8) is 0 Å². The van der Waals surface area contributed by atoms with Crippen LogP contribution < -0.4 is 10.5 Å². The molecule has 0 bridgehead atoms. The van der Waals surface area contributed by atoms with Crippen LogP contribution in [-0.4, -0.2) is 17.5 Å². The average Bonchev–Trinajstić information content (AvgIpc) is 2.82. The van der Waals surface area contributed by atoms with Crippen molar-refractivity contribution in [3.8, 4) is 5.75 Å². The van der Waals surface area contributed by atoms with Crippen molar-refractivity contribution in [3.05, 3.63) is 65.2 Å². The highest BCUT2D eigenvalue weighted by molar-refractivity contribution is 5.73. The first-order chi connectivity index (χ1) is 16.6. The molecule has 0 fully saturated rings. The summed E-state index contributed by atoms with van der Waals surface area (Å²) < 4.78 is 11.3. The molecule has 0 aliphatic rings. The van der Waals surface area contributed by atoms with E-state index < -0.39 is 5.54 Å². The molecule has 0 aliphatic carbocycles. The lowest BCUT2D eigenvalue weighted by Gasteiger charge is -2.41. The Labute approximate surface area is 211 Å². The van der Waals surface area contributed by atoms with Crippen LogP contribution in [0.15, 0.2) is 48.5 Å². The highest BCUT2D eigenvalue weighted by Gasteiger charge is 2.37. The second-order valence-corrected chi connectivity index (χ2v) is 10.1. The SMILES string of the molecule is CCCC(=O)OCc1ccc(OC(=O)CCC)c(C(CC(N)(C(C)C)C(C)C)c2ccccc2)c1. The van der Waals surface area contributed by atoms with Gasteiger partial charge in [0, 0.05) is 29.9 Å². The van der Waals surface area contributed by atoms with E-state index in [1.54, 1.807) is 0 Å². The Morgan fingerprint density at radius 3 is 2.06 bits per heavy atom. The third-order valence-electron chi connectivity index (χ3n) is 6.89. The predicted octanol–water partition coefficient (Wildman–Crippen LogP) is 6.77. The largest absolute Gasteiger partial charge is 0.461 e. The van der Waals surface area contributed by atoms with E-state index in [9.17, 15) is 9.59 Å². The normalized spacial score (nSPS) is 12.6. The van der Waals surface area contributed by atoms with Gasteiger partial charge in [0.1, 0.15) is 12.4 Å². The third kappa shape index (κ3) is 7.93. The second-order valence-electron chi connectivity index (χ2n) is 10.1. The molecule has 0 heterocycles. The lowest BCUT2D eigenvalue weighted by Crippen LogP contribution is -2.51. The minimum atomic E-state index is -0.436. The number of hydrogen-bond donors (Lipinski definition) is 1. The summed E-state index contributed by atoms with van der Waals surface area (Å²) in [5.74, 6) is 0.468. The Hall–Kier alpha value is -2.66. The molecule has 1 unspecified atom stereocenters. The molecule has 2 aromatic rings. The van der Waals surface area contributed by atoms with Gasteiger partial charge in [-0.2, -0.15) is 0 Å². The Balaban J connectivity index is 2.59.